The largest absolute Gasteiger partial charge is 0.370 e. The number of aryl methyl sites for hydroxylation is 1. The highest BCUT2D eigenvalue weighted by Crippen LogP contribution is 2.28. The van der Waals surface area contributed by atoms with Gasteiger partial charge in [0.2, 0.25) is 11.8 Å². The van der Waals surface area contributed by atoms with E-state index in [0.29, 0.717) is 6.54 Å². The van der Waals surface area contributed by atoms with Gasteiger partial charge in [0.1, 0.15) is 6.04 Å². The molecule has 1 aromatic rings. The summed E-state index contributed by atoms with van der Waals surface area (Å²) in [5, 5.41) is 3.09. The highest BCUT2D eigenvalue weighted by molar-refractivity contribution is 5.89. The standard InChI is InChI=1S/C23H35N3O2/c1-3-25(20-13-8-7-10-18(20)2)17-15-24-22(27)21-14-9-16-26(21)23(28)19-11-5-4-6-12-19/h7-8,10,13,19,21H,3-6,9,11-12,14-17H2,1-2H3,(H,24,27). The lowest BCUT2D eigenvalue weighted by molar-refractivity contribution is -0.142. The summed E-state index contributed by atoms with van der Waals surface area (Å²) in [5.74, 6) is 0.369. The molecule has 5 heteroatoms. The van der Waals surface area contributed by atoms with E-state index in [1.165, 1.54) is 17.7 Å². The molecular formula is C23H35N3O2. The lowest BCUT2D eigenvalue weighted by Crippen LogP contribution is -2.49. The third-order valence-electron chi connectivity index (χ3n) is 6.31. The first-order valence-corrected chi connectivity index (χ1v) is 11.0. The summed E-state index contributed by atoms with van der Waals surface area (Å²) < 4.78 is 0. The van der Waals surface area contributed by atoms with Crippen molar-refractivity contribution in [1.82, 2.24) is 10.2 Å². The van der Waals surface area contributed by atoms with Crippen LogP contribution in [0.25, 0.3) is 0 Å². The van der Waals surface area contributed by atoms with Crippen LogP contribution in [0.1, 0.15) is 57.4 Å². The molecule has 0 bridgehead atoms. The molecule has 1 unspecified atom stereocenters. The third kappa shape index (κ3) is 4.86. The minimum atomic E-state index is -0.275. The molecule has 1 aliphatic carbocycles. The van der Waals surface area contributed by atoms with Crippen LogP contribution in [0.2, 0.25) is 0 Å². The number of likely N-dealkylation sites (N-methyl/N-ethyl adjacent to an activating group) is 1. The number of carbonyl (C=O) groups excluding carboxylic acids is 2. The number of amides is 2. The van der Waals surface area contributed by atoms with Gasteiger partial charge in [-0.3, -0.25) is 9.59 Å². The molecule has 3 rings (SSSR count). The normalized spacial score (nSPS) is 20.2. The second kappa shape index (κ2) is 9.94. The van der Waals surface area contributed by atoms with Crippen molar-refractivity contribution >= 4 is 17.5 Å². The Morgan fingerprint density at radius 2 is 1.86 bits per heavy atom. The molecule has 1 heterocycles. The van der Waals surface area contributed by atoms with Gasteiger partial charge in [-0.2, -0.15) is 0 Å². The van der Waals surface area contributed by atoms with Crippen molar-refractivity contribution in [3.05, 3.63) is 29.8 Å². The van der Waals surface area contributed by atoms with E-state index in [0.717, 1.165) is 58.2 Å². The van der Waals surface area contributed by atoms with E-state index in [9.17, 15) is 9.59 Å². The number of nitrogens with one attached hydrogen (secondary N) is 1. The van der Waals surface area contributed by atoms with Crippen LogP contribution in [-0.4, -0.2) is 48.9 Å². The average molecular weight is 386 g/mol. The number of rotatable bonds is 7. The fourth-order valence-electron chi connectivity index (χ4n) is 4.69. The number of likely N-dealkylation sites (tertiary alicyclic amines) is 1. The van der Waals surface area contributed by atoms with Crippen LogP contribution in [0.3, 0.4) is 0 Å². The van der Waals surface area contributed by atoms with E-state index >= 15 is 0 Å². The van der Waals surface area contributed by atoms with Crippen molar-refractivity contribution in [3.63, 3.8) is 0 Å². The predicted molar refractivity (Wildman–Crippen MR) is 113 cm³/mol. The molecule has 28 heavy (non-hydrogen) atoms. The molecule has 0 spiro atoms. The number of anilines is 1. The highest BCUT2D eigenvalue weighted by Gasteiger charge is 2.37. The number of hydrogen-bond donors (Lipinski definition) is 1. The molecule has 154 valence electrons. The van der Waals surface area contributed by atoms with Crippen molar-refractivity contribution in [1.29, 1.82) is 0 Å². The van der Waals surface area contributed by atoms with E-state index in [2.05, 4.69) is 42.3 Å². The van der Waals surface area contributed by atoms with Gasteiger partial charge in [-0.15, -0.1) is 0 Å². The first-order valence-electron chi connectivity index (χ1n) is 11.0. The van der Waals surface area contributed by atoms with Gasteiger partial charge in [-0.05, 0) is 51.2 Å². The first kappa shape index (κ1) is 20.7. The van der Waals surface area contributed by atoms with Crippen LogP contribution in [0.5, 0.6) is 0 Å². The Labute approximate surface area is 169 Å². The molecule has 1 N–H and O–H groups in total. The number of para-hydroxylation sites is 1. The SMILES string of the molecule is CCN(CCNC(=O)C1CCCN1C(=O)C1CCCCC1)c1ccccc1C. The Bertz CT molecular complexity index is 670. The van der Waals surface area contributed by atoms with E-state index in [4.69, 9.17) is 0 Å². The molecule has 1 aromatic carbocycles. The van der Waals surface area contributed by atoms with Gasteiger partial charge in [0, 0.05) is 37.8 Å². The van der Waals surface area contributed by atoms with E-state index < -0.39 is 0 Å². The molecule has 1 saturated heterocycles. The van der Waals surface area contributed by atoms with Crippen LogP contribution >= 0.6 is 0 Å². The summed E-state index contributed by atoms with van der Waals surface area (Å²) in [4.78, 5) is 29.8. The van der Waals surface area contributed by atoms with Crippen molar-refractivity contribution < 1.29 is 9.59 Å². The Morgan fingerprint density at radius 3 is 2.57 bits per heavy atom. The van der Waals surface area contributed by atoms with Gasteiger partial charge in [0.05, 0.1) is 0 Å². The lowest BCUT2D eigenvalue weighted by Gasteiger charge is -2.30. The summed E-state index contributed by atoms with van der Waals surface area (Å²) >= 11 is 0. The molecule has 1 atom stereocenters. The fraction of sp³-hybridized carbons (Fsp3) is 0.652. The second-order valence-corrected chi connectivity index (χ2v) is 8.18. The maximum atomic E-state index is 12.9. The zero-order chi connectivity index (χ0) is 19.9. The average Bonchev–Trinajstić information content (AvgIpc) is 3.22. The van der Waals surface area contributed by atoms with Crippen molar-refractivity contribution in [2.24, 2.45) is 5.92 Å². The summed E-state index contributed by atoms with van der Waals surface area (Å²) in [7, 11) is 0. The first-order chi connectivity index (χ1) is 13.6. The van der Waals surface area contributed by atoms with Crippen LogP contribution in [-0.2, 0) is 9.59 Å². The zero-order valence-electron chi connectivity index (χ0n) is 17.5. The quantitative estimate of drug-likeness (QED) is 0.781. The van der Waals surface area contributed by atoms with Gasteiger partial charge < -0.3 is 15.1 Å². The zero-order valence-corrected chi connectivity index (χ0v) is 17.5. The van der Waals surface area contributed by atoms with Gasteiger partial charge in [0.25, 0.3) is 0 Å². The van der Waals surface area contributed by atoms with Gasteiger partial charge in [-0.25, -0.2) is 0 Å². The molecule has 2 fully saturated rings. The number of hydrogen-bond acceptors (Lipinski definition) is 3. The second-order valence-electron chi connectivity index (χ2n) is 8.18. The fourth-order valence-corrected chi connectivity index (χ4v) is 4.69. The highest BCUT2D eigenvalue weighted by atomic mass is 16.2. The van der Waals surface area contributed by atoms with Crippen LogP contribution in [0.15, 0.2) is 24.3 Å². The van der Waals surface area contributed by atoms with Gasteiger partial charge >= 0.3 is 0 Å². The van der Waals surface area contributed by atoms with Crippen molar-refractivity contribution in [3.8, 4) is 0 Å². The summed E-state index contributed by atoms with van der Waals surface area (Å²) in [6.45, 7) is 7.26. The van der Waals surface area contributed by atoms with Gasteiger partial charge in [0.15, 0.2) is 0 Å². The molecule has 0 radical (unpaired) electrons. The van der Waals surface area contributed by atoms with Crippen LogP contribution in [0.4, 0.5) is 5.69 Å². The predicted octanol–water partition coefficient (Wildman–Crippen LogP) is 3.51. The minimum Gasteiger partial charge on any atom is -0.370 e. The number of carbonyl (C=O) groups is 2. The smallest absolute Gasteiger partial charge is 0.242 e. The Balaban J connectivity index is 1.52. The Hall–Kier alpha value is -2.04. The van der Waals surface area contributed by atoms with E-state index in [1.54, 1.807) is 0 Å². The van der Waals surface area contributed by atoms with Gasteiger partial charge in [-0.1, -0.05) is 37.5 Å². The third-order valence-corrected chi connectivity index (χ3v) is 6.31. The van der Waals surface area contributed by atoms with Crippen molar-refractivity contribution in [2.45, 2.75) is 64.8 Å². The molecule has 0 aromatic heterocycles. The monoisotopic (exact) mass is 385 g/mol. The summed E-state index contributed by atoms with van der Waals surface area (Å²) in [6, 6.07) is 8.07. The number of nitrogens with zero attached hydrogens (tertiary/aromatic N) is 2. The van der Waals surface area contributed by atoms with Crippen molar-refractivity contribution in [2.75, 3.05) is 31.1 Å². The van der Waals surface area contributed by atoms with E-state index in [-0.39, 0.29) is 23.8 Å². The molecule has 1 aliphatic heterocycles. The van der Waals surface area contributed by atoms with Crippen LogP contribution in [0, 0.1) is 12.8 Å². The minimum absolute atomic E-state index is 0.0162. The summed E-state index contributed by atoms with van der Waals surface area (Å²) in [5.41, 5.74) is 2.46. The van der Waals surface area contributed by atoms with E-state index in [1.807, 2.05) is 11.0 Å². The lowest BCUT2D eigenvalue weighted by atomic mass is 9.88. The molecule has 2 aliphatic rings. The molecule has 1 saturated carbocycles. The molecular weight excluding hydrogens is 350 g/mol. The maximum absolute atomic E-state index is 12.9. The Kier molecular flexibility index (Phi) is 7.35. The topological polar surface area (TPSA) is 52.7 Å². The van der Waals surface area contributed by atoms with Crippen LogP contribution < -0.4 is 10.2 Å². The molecule has 2 amide bonds. The Morgan fingerprint density at radius 1 is 1.11 bits per heavy atom. The maximum Gasteiger partial charge on any atom is 0.242 e. The molecule has 5 nitrogen and oxygen atoms in total. The summed E-state index contributed by atoms with van der Waals surface area (Å²) in [6.07, 6.45) is 7.24. The number of benzene rings is 1.